The molecule has 268 valence electrons. The van der Waals surface area contributed by atoms with Gasteiger partial charge < -0.3 is 5.11 Å². The average Bonchev–Trinajstić information content (AvgIpc) is 3.58. The standard InChI is InChI=1S/C42H58N6O2/c1-13-14-17-32-27(2)43-47(44-32)35-23-30(41(9,10)25-39(3,4)5)21-28(37(35)49)20-29-22-31(42(11,12)26-40(6,7)8)24-36(38(29)50)48-45-33-18-15-16-19-34(33)46-48/h13-15,17-18,22-24,28,30,50H,1,16,19-21,25-26H2,2-12H3. The van der Waals surface area contributed by atoms with Crippen LogP contribution in [0.5, 0.6) is 5.75 Å². The fourth-order valence-electron chi connectivity index (χ4n) is 8.41. The molecule has 2 aliphatic carbocycles. The summed E-state index contributed by atoms with van der Waals surface area (Å²) in [4.78, 5) is 17.7. The number of benzene rings is 1. The lowest BCUT2D eigenvalue weighted by atomic mass is 9.64. The third-order valence-corrected chi connectivity index (χ3v) is 10.1. The number of phenolic OH excluding ortho intramolecular Hbond substituents is 1. The van der Waals surface area contributed by atoms with Gasteiger partial charge in [0.2, 0.25) is 0 Å². The summed E-state index contributed by atoms with van der Waals surface area (Å²) in [5.74, 6) is -0.193. The van der Waals surface area contributed by atoms with Gasteiger partial charge in [0, 0.05) is 5.92 Å². The van der Waals surface area contributed by atoms with Gasteiger partial charge in [-0.05, 0) is 108 Å². The summed E-state index contributed by atoms with van der Waals surface area (Å²) in [6.07, 6.45) is 16.3. The number of nitrogens with zero attached hydrogens (tertiary/aromatic N) is 6. The van der Waals surface area contributed by atoms with Crippen molar-refractivity contribution in [2.45, 2.75) is 120 Å². The summed E-state index contributed by atoms with van der Waals surface area (Å²) in [6, 6.07) is 4.15. The zero-order valence-corrected chi connectivity index (χ0v) is 32.3. The molecule has 0 saturated heterocycles. The number of ketones is 1. The van der Waals surface area contributed by atoms with E-state index in [1.165, 1.54) is 4.80 Å². The predicted molar refractivity (Wildman–Crippen MR) is 204 cm³/mol. The molecule has 0 saturated carbocycles. The maximum Gasteiger partial charge on any atom is 0.186 e. The van der Waals surface area contributed by atoms with Crippen molar-refractivity contribution in [3.63, 3.8) is 0 Å². The zero-order valence-electron chi connectivity index (χ0n) is 32.3. The Hall–Kier alpha value is -4.07. The van der Waals surface area contributed by atoms with Crippen molar-refractivity contribution in [2.75, 3.05) is 0 Å². The van der Waals surface area contributed by atoms with Gasteiger partial charge in [0.1, 0.15) is 28.5 Å². The first-order valence-corrected chi connectivity index (χ1v) is 18.2. The van der Waals surface area contributed by atoms with Crippen molar-refractivity contribution in [3.8, 4) is 11.4 Å². The van der Waals surface area contributed by atoms with Gasteiger partial charge in [-0.25, -0.2) is 0 Å². The Balaban J connectivity index is 1.62. The number of hydrogen-bond acceptors (Lipinski definition) is 6. The maximum absolute atomic E-state index is 14.6. The van der Waals surface area contributed by atoms with E-state index in [2.05, 4.69) is 94.0 Å². The van der Waals surface area contributed by atoms with Gasteiger partial charge in [0.15, 0.2) is 5.78 Å². The Morgan fingerprint density at radius 1 is 0.940 bits per heavy atom. The van der Waals surface area contributed by atoms with Crippen LogP contribution >= 0.6 is 0 Å². The Kier molecular flexibility index (Phi) is 10.1. The molecule has 50 heavy (non-hydrogen) atoms. The number of fused-ring (bicyclic) bond motifs is 1. The third kappa shape index (κ3) is 8.27. The highest BCUT2D eigenvalue weighted by atomic mass is 16.3. The van der Waals surface area contributed by atoms with Crippen LogP contribution < -0.4 is 0 Å². The minimum absolute atomic E-state index is 0.0137. The number of aryl methyl sites for hydroxylation is 2. The first kappa shape index (κ1) is 37.2. The summed E-state index contributed by atoms with van der Waals surface area (Å²) < 4.78 is 0. The lowest BCUT2D eigenvalue weighted by Gasteiger charge is -2.41. The molecule has 3 aromatic rings. The molecule has 0 fully saturated rings. The molecule has 0 bridgehead atoms. The van der Waals surface area contributed by atoms with Crippen LogP contribution in [0.15, 0.2) is 43.0 Å². The Labute approximate surface area is 299 Å². The topological polar surface area (TPSA) is 98.7 Å². The maximum atomic E-state index is 14.6. The van der Waals surface area contributed by atoms with E-state index in [0.29, 0.717) is 29.9 Å². The van der Waals surface area contributed by atoms with E-state index in [0.717, 1.165) is 53.9 Å². The molecule has 2 aromatic heterocycles. The highest BCUT2D eigenvalue weighted by Crippen LogP contribution is 2.47. The highest BCUT2D eigenvalue weighted by molar-refractivity contribution is 6.16. The van der Waals surface area contributed by atoms with Gasteiger partial charge in [0.25, 0.3) is 0 Å². The number of Topliss-reactive ketones (excluding diaryl/α,β-unsaturated/α-hetero) is 1. The monoisotopic (exact) mass is 678 g/mol. The number of phenols is 1. The van der Waals surface area contributed by atoms with Crippen LogP contribution in [0.1, 0.15) is 129 Å². The zero-order chi connectivity index (χ0) is 36.8. The predicted octanol–water partition coefficient (Wildman–Crippen LogP) is 9.50. The van der Waals surface area contributed by atoms with E-state index >= 15 is 0 Å². The average molecular weight is 679 g/mol. The Morgan fingerprint density at radius 3 is 2.28 bits per heavy atom. The lowest BCUT2D eigenvalue weighted by Crippen LogP contribution is -2.36. The second-order valence-electron chi connectivity index (χ2n) is 18.3. The summed E-state index contributed by atoms with van der Waals surface area (Å²) in [5, 5.41) is 31.1. The highest BCUT2D eigenvalue weighted by Gasteiger charge is 2.41. The fourth-order valence-corrected chi connectivity index (χ4v) is 8.41. The van der Waals surface area contributed by atoms with Crippen LogP contribution in [-0.2, 0) is 23.1 Å². The molecule has 1 aromatic carbocycles. The molecule has 0 amide bonds. The van der Waals surface area contributed by atoms with E-state index < -0.39 is 0 Å². The first-order chi connectivity index (χ1) is 23.2. The normalized spacial score (nSPS) is 18.9. The SMILES string of the molecule is C=CC=Cc1nn(C2=CC(C(C)(C)CC(C)(C)C)CC(Cc3cc(C(C)(C)CC(C)(C)C)cc(-n4nc5c(n4)CCC=C5)c3O)C2=O)nc1C. The quantitative estimate of drug-likeness (QED) is 0.215. The van der Waals surface area contributed by atoms with Gasteiger partial charge in [-0.2, -0.15) is 10.2 Å². The first-order valence-electron chi connectivity index (χ1n) is 18.2. The van der Waals surface area contributed by atoms with Crippen molar-refractivity contribution < 1.29 is 9.90 Å². The molecule has 2 unspecified atom stereocenters. The Morgan fingerprint density at radius 2 is 1.64 bits per heavy atom. The minimum atomic E-state index is -0.390. The molecule has 2 atom stereocenters. The summed E-state index contributed by atoms with van der Waals surface area (Å²) in [6.45, 7) is 28.4. The van der Waals surface area contributed by atoms with Crippen molar-refractivity contribution in [1.29, 1.82) is 0 Å². The van der Waals surface area contributed by atoms with Crippen LogP contribution in [0.4, 0.5) is 0 Å². The van der Waals surface area contributed by atoms with Gasteiger partial charge in [-0.15, -0.1) is 19.8 Å². The number of allylic oxidation sites excluding steroid dienone is 5. The number of carbonyl (C=O) groups is 1. The molecule has 2 heterocycles. The summed E-state index contributed by atoms with van der Waals surface area (Å²) >= 11 is 0. The summed E-state index contributed by atoms with van der Waals surface area (Å²) in [7, 11) is 0. The third-order valence-electron chi connectivity index (χ3n) is 10.1. The van der Waals surface area contributed by atoms with E-state index in [1.807, 2.05) is 31.2 Å². The molecular weight excluding hydrogens is 621 g/mol. The van der Waals surface area contributed by atoms with Crippen molar-refractivity contribution in [2.24, 2.45) is 28.1 Å². The van der Waals surface area contributed by atoms with Gasteiger partial charge >= 0.3 is 0 Å². The molecule has 8 heteroatoms. The van der Waals surface area contributed by atoms with Gasteiger partial charge in [0.05, 0.1) is 11.4 Å². The number of aromatic hydroxyl groups is 1. The molecule has 0 aliphatic heterocycles. The number of aromatic nitrogens is 6. The second-order valence-corrected chi connectivity index (χ2v) is 18.3. The van der Waals surface area contributed by atoms with Gasteiger partial charge in [-0.3, -0.25) is 4.79 Å². The van der Waals surface area contributed by atoms with Crippen molar-refractivity contribution >= 4 is 23.6 Å². The van der Waals surface area contributed by atoms with Crippen molar-refractivity contribution in [1.82, 2.24) is 30.0 Å². The number of carbonyl (C=O) groups excluding carboxylic acids is 1. The number of hydrogen-bond donors (Lipinski definition) is 1. The molecule has 5 rings (SSSR count). The molecule has 0 radical (unpaired) electrons. The van der Waals surface area contributed by atoms with Crippen molar-refractivity contribution in [3.05, 3.63) is 76.9 Å². The second kappa shape index (κ2) is 13.6. The van der Waals surface area contributed by atoms with E-state index in [4.69, 9.17) is 20.4 Å². The van der Waals surface area contributed by atoms with E-state index in [-0.39, 0.29) is 45.0 Å². The van der Waals surface area contributed by atoms with E-state index in [9.17, 15) is 9.90 Å². The summed E-state index contributed by atoms with van der Waals surface area (Å²) in [5.41, 5.74) is 5.93. The van der Waals surface area contributed by atoms with Crippen LogP contribution in [-0.4, -0.2) is 40.9 Å². The van der Waals surface area contributed by atoms with Crippen LogP contribution in [0.3, 0.4) is 0 Å². The molecule has 8 nitrogen and oxygen atoms in total. The Bertz CT molecular complexity index is 1850. The fraction of sp³-hybridized carbons (Fsp3) is 0.548. The van der Waals surface area contributed by atoms with Crippen LogP contribution in [0.2, 0.25) is 0 Å². The largest absolute Gasteiger partial charge is 0.505 e. The van der Waals surface area contributed by atoms with Crippen LogP contribution in [0.25, 0.3) is 23.5 Å². The molecule has 2 aliphatic rings. The van der Waals surface area contributed by atoms with E-state index in [1.54, 1.807) is 10.9 Å². The lowest BCUT2D eigenvalue weighted by molar-refractivity contribution is -0.119. The van der Waals surface area contributed by atoms with Gasteiger partial charge in [-0.1, -0.05) is 100 Å². The smallest absolute Gasteiger partial charge is 0.186 e. The molecular formula is C42H58N6O2. The molecule has 0 spiro atoms. The number of rotatable bonds is 10. The minimum Gasteiger partial charge on any atom is -0.505 e. The van der Waals surface area contributed by atoms with Crippen LogP contribution in [0, 0.1) is 35.0 Å². The molecule has 1 N–H and O–H groups in total.